The van der Waals surface area contributed by atoms with Gasteiger partial charge in [-0.2, -0.15) is 18.2 Å². The number of piperidine rings is 2. The number of ether oxygens (including phenoxy) is 1. The Kier molecular flexibility index (Phi) is 7.62. The summed E-state index contributed by atoms with van der Waals surface area (Å²) in [5.74, 6) is -0.120. The molecule has 0 aromatic heterocycles. The van der Waals surface area contributed by atoms with Crippen LogP contribution in [-0.4, -0.2) is 73.2 Å². The number of hydroxylamine groups is 1. The lowest BCUT2D eigenvalue weighted by Crippen LogP contribution is -2.56. The predicted octanol–water partition coefficient (Wildman–Crippen LogP) is -0.0533. The van der Waals surface area contributed by atoms with Crippen LogP contribution >= 0.6 is 0 Å². The summed E-state index contributed by atoms with van der Waals surface area (Å²) in [5, 5.41) is 6.03. The summed E-state index contributed by atoms with van der Waals surface area (Å²) < 4.78 is 39.2. The van der Waals surface area contributed by atoms with Crippen molar-refractivity contribution in [2.45, 2.75) is 70.2 Å². The van der Waals surface area contributed by atoms with E-state index in [9.17, 15) is 18.0 Å². The van der Waals surface area contributed by atoms with Gasteiger partial charge < -0.3 is 20.3 Å². The second-order valence-corrected chi connectivity index (χ2v) is 9.14. The zero-order chi connectivity index (χ0) is 20.9. The molecule has 0 aliphatic carbocycles. The first-order valence-electron chi connectivity index (χ1n) is 9.36. The Morgan fingerprint density at radius 2 is 1.75 bits per heavy atom. The zero-order valence-corrected chi connectivity index (χ0v) is 17.3. The molecule has 2 heterocycles. The standard InChI is InChI=1S/C16H30N4O7S/c1-16(2,3)26-15(22)20-8-6-11(7-9-20)18-14(21)13-5-4-12(10-17-13)19-27-28(23,24)25/h11-13,17,19H,4-10H2,1-3H3,(H,18,21)(H,23,24,25)/t12-,13-/m0/s1. The van der Waals surface area contributed by atoms with Crippen molar-refractivity contribution < 1.29 is 31.6 Å². The lowest BCUT2D eigenvalue weighted by Gasteiger charge is -2.35. The highest BCUT2D eigenvalue weighted by Crippen LogP contribution is 2.16. The molecular weight excluding hydrogens is 392 g/mol. The van der Waals surface area contributed by atoms with E-state index in [-0.39, 0.29) is 30.1 Å². The van der Waals surface area contributed by atoms with Crippen LogP contribution in [0.3, 0.4) is 0 Å². The van der Waals surface area contributed by atoms with Crippen LogP contribution in [0.2, 0.25) is 0 Å². The molecule has 0 aromatic rings. The van der Waals surface area contributed by atoms with Crippen molar-refractivity contribution >= 4 is 22.4 Å². The average molecular weight is 423 g/mol. The summed E-state index contributed by atoms with van der Waals surface area (Å²) in [5.41, 5.74) is 1.72. The summed E-state index contributed by atoms with van der Waals surface area (Å²) >= 11 is 0. The number of amides is 2. The summed E-state index contributed by atoms with van der Waals surface area (Å²) in [7, 11) is -4.55. The van der Waals surface area contributed by atoms with Gasteiger partial charge in [-0.1, -0.05) is 0 Å². The third kappa shape index (κ3) is 7.87. The van der Waals surface area contributed by atoms with Gasteiger partial charge in [-0.25, -0.2) is 4.79 Å². The number of nitrogens with one attached hydrogen (secondary N) is 3. The molecule has 4 N–H and O–H groups in total. The summed E-state index contributed by atoms with van der Waals surface area (Å²) in [4.78, 5) is 26.2. The van der Waals surface area contributed by atoms with Crippen molar-refractivity contribution in [3.8, 4) is 0 Å². The average Bonchev–Trinajstić information content (AvgIpc) is 2.59. The number of hydrogen-bond donors (Lipinski definition) is 4. The van der Waals surface area contributed by atoms with Crippen LogP contribution in [0.25, 0.3) is 0 Å². The van der Waals surface area contributed by atoms with E-state index in [0.717, 1.165) is 0 Å². The molecule has 28 heavy (non-hydrogen) atoms. The normalized spacial score (nSPS) is 24.6. The minimum atomic E-state index is -4.55. The van der Waals surface area contributed by atoms with Gasteiger partial charge >= 0.3 is 16.5 Å². The highest BCUT2D eigenvalue weighted by Gasteiger charge is 2.31. The number of hydrogen-bond acceptors (Lipinski definition) is 8. The maximum absolute atomic E-state index is 12.4. The first-order chi connectivity index (χ1) is 12.9. The molecule has 2 rings (SSSR count). The molecular formula is C16H30N4O7S. The maximum Gasteiger partial charge on any atom is 0.413 e. The van der Waals surface area contributed by atoms with E-state index in [1.807, 2.05) is 20.8 Å². The SMILES string of the molecule is CC(C)(C)OC(=O)N1CCC(NC(=O)[C@@H]2CC[C@H](NOS(=O)(=O)O)CN2)CC1. The molecule has 0 bridgehead atoms. The van der Waals surface area contributed by atoms with Gasteiger partial charge in [0.05, 0.1) is 6.04 Å². The van der Waals surface area contributed by atoms with Gasteiger partial charge in [-0.05, 0) is 46.5 Å². The molecule has 2 amide bonds. The fourth-order valence-electron chi connectivity index (χ4n) is 3.14. The molecule has 0 spiro atoms. The fourth-order valence-corrected chi connectivity index (χ4v) is 3.40. The van der Waals surface area contributed by atoms with Crippen LogP contribution in [0.1, 0.15) is 46.5 Å². The van der Waals surface area contributed by atoms with Crippen LogP contribution < -0.4 is 16.1 Å². The Morgan fingerprint density at radius 3 is 2.25 bits per heavy atom. The maximum atomic E-state index is 12.4. The predicted molar refractivity (Wildman–Crippen MR) is 99.6 cm³/mol. The van der Waals surface area contributed by atoms with Gasteiger partial charge in [0.15, 0.2) is 0 Å². The van der Waals surface area contributed by atoms with Crippen LogP contribution in [0.4, 0.5) is 4.79 Å². The van der Waals surface area contributed by atoms with Crippen molar-refractivity contribution in [1.29, 1.82) is 0 Å². The molecule has 0 unspecified atom stereocenters. The Morgan fingerprint density at radius 1 is 1.11 bits per heavy atom. The molecule has 11 nitrogen and oxygen atoms in total. The molecule has 0 saturated carbocycles. The van der Waals surface area contributed by atoms with Crippen molar-refractivity contribution in [3.05, 3.63) is 0 Å². The minimum absolute atomic E-state index is 0.00768. The number of carbonyl (C=O) groups is 2. The topological polar surface area (TPSA) is 146 Å². The van der Waals surface area contributed by atoms with Crippen molar-refractivity contribution in [2.24, 2.45) is 0 Å². The number of likely N-dealkylation sites (tertiary alicyclic amines) is 1. The largest absolute Gasteiger partial charge is 0.444 e. The van der Waals surface area contributed by atoms with Crippen LogP contribution in [-0.2, 0) is 24.2 Å². The molecule has 0 radical (unpaired) electrons. The number of carbonyl (C=O) groups excluding carboxylic acids is 2. The van der Waals surface area contributed by atoms with E-state index < -0.39 is 16.0 Å². The highest BCUT2D eigenvalue weighted by atomic mass is 32.3. The third-order valence-electron chi connectivity index (χ3n) is 4.54. The number of nitrogens with zero attached hydrogens (tertiary/aromatic N) is 1. The summed E-state index contributed by atoms with van der Waals surface area (Å²) in [6, 6.07) is -0.720. The van der Waals surface area contributed by atoms with E-state index in [1.54, 1.807) is 4.90 Å². The monoisotopic (exact) mass is 422 g/mol. The van der Waals surface area contributed by atoms with Crippen molar-refractivity contribution in [1.82, 2.24) is 21.0 Å². The first kappa shape index (κ1) is 22.8. The van der Waals surface area contributed by atoms with Crippen LogP contribution in [0, 0.1) is 0 Å². The van der Waals surface area contributed by atoms with Gasteiger partial charge in [0.1, 0.15) is 5.60 Å². The van der Waals surface area contributed by atoms with Gasteiger partial charge in [-0.15, -0.1) is 0 Å². The Bertz CT molecular complexity index is 648. The molecule has 12 heteroatoms. The lowest BCUT2D eigenvalue weighted by molar-refractivity contribution is -0.124. The Labute approximate surface area is 165 Å². The smallest absolute Gasteiger partial charge is 0.413 e. The molecule has 2 saturated heterocycles. The third-order valence-corrected chi connectivity index (χ3v) is 4.85. The van der Waals surface area contributed by atoms with Crippen LogP contribution in [0.5, 0.6) is 0 Å². The molecule has 2 aliphatic heterocycles. The van der Waals surface area contributed by atoms with E-state index in [0.29, 0.717) is 45.3 Å². The van der Waals surface area contributed by atoms with E-state index in [1.165, 1.54) is 0 Å². The summed E-state index contributed by atoms with van der Waals surface area (Å²) in [6.07, 6.45) is 1.98. The van der Waals surface area contributed by atoms with Crippen molar-refractivity contribution in [2.75, 3.05) is 19.6 Å². The molecule has 162 valence electrons. The van der Waals surface area contributed by atoms with Gasteiger partial charge in [0.2, 0.25) is 5.91 Å². The van der Waals surface area contributed by atoms with Crippen LogP contribution in [0.15, 0.2) is 0 Å². The first-order valence-corrected chi connectivity index (χ1v) is 10.7. The van der Waals surface area contributed by atoms with E-state index in [2.05, 4.69) is 20.4 Å². The molecule has 2 aliphatic rings. The molecule has 2 fully saturated rings. The lowest BCUT2D eigenvalue weighted by atomic mass is 9.99. The fraction of sp³-hybridized carbons (Fsp3) is 0.875. The molecule has 2 atom stereocenters. The van der Waals surface area contributed by atoms with Gasteiger partial charge in [0, 0.05) is 31.7 Å². The summed E-state index contributed by atoms with van der Waals surface area (Å²) in [6.45, 7) is 6.84. The Balaban J connectivity index is 1.69. The second-order valence-electron chi connectivity index (χ2n) is 8.11. The minimum Gasteiger partial charge on any atom is -0.444 e. The quantitative estimate of drug-likeness (QED) is 0.354. The van der Waals surface area contributed by atoms with Gasteiger partial charge in [-0.3, -0.25) is 9.35 Å². The van der Waals surface area contributed by atoms with E-state index >= 15 is 0 Å². The van der Waals surface area contributed by atoms with E-state index in [4.69, 9.17) is 9.29 Å². The Hall–Kier alpha value is -1.47. The zero-order valence-electron chi connectivity index (χ0n) is 16.4. The second kappa shape index (κ2) is 9.35. The highest BCUT2D eigenvalue weighted by molar-refractivity contribution is 7.80. The van der Waals surface area contributed by atoms with Gasteiger partial charge in [0.25, 0.3) is 0 Å². The molecule has 0 aromatic carbocycles. The van der Waals surface area contributed by atoms with Crippen molar-refractivity contribution in [3.63, 3.8) is 0 Å². The number of rotatable bonds is 5.